The average molecular weight is 302 g/mol. The van der Waals surface area contributed by atoms with Crippen molar-refractivity contribution in [1.82, 2.24) is 5.32 Å². The number of amides is 2. The molecule has 1 aliphatic heterocycles. The van der Waals surface area contributed by atoms with E-state index >= 15 is 0 Å². The van der Waals surface area contributed by atoms with Crippen LogP contribution < -0.4 is 15.0 Å². The van der Waals surface area contributed by atoms with Gasteiger partial charge >= 0.3 is 0 Å². The van der Waals surface area contributed by atoms with Crippen molar-refractivity contribution in [3.63, 3.8) is 0 Å². The minimum atomic E-state index is -0.558. The molecule has 1 fully saturated rings. The Bertz CT molecular complexity index is 567. The molecule has 5 nitrogen and oxygen atoms in total. The molecule has 0 bridgehead atoms. The maximum Gasteiger partial charge on any atom is 0.268 e. The van der Waals surface area contributed by atoms with Crippen LogP contribution in [0.25, 0.3) is 0 Å². The quantitative estimate of drug-likeness (QED) is 0.931. The van der Waals surface area contributed by atoms with Crippen LogP contribution >= 0.6 is 0 Å². The summed E-state index contributed by atoms with van der Waals surface area (Å²) in [5.74, 6) is 0.390. The van der Waals surface area contributed by atoms with Crippen LogP contribution in [0.2, 0.25) is 0 Å². The molecule has 1 atom stereocenters. The molecular formula is C17H22N2O3. The third-order valence-electron chi connectivity index (χ3n) is 4.35. The first-order chi connectivity index (χ1) is 10.6. The summed E-state index contributed by atoms with van der Waals surface area (Å²) in [5.41, 5.74) is 0.671. The Hall–Kier alpha value is -2.04. The first kappa shape index (κ1) is 14.9. The zero-order valence-electron chi connectivity index (χ0n) is 12.9. The Balaban J connectivity index is 1.70. The van der Waals surface area contributed by atoms with Crippen LogP contribution in [0, 0.1) is 0 Å². The smallest absolute Gasteiger partial charge is 0.268 e. The van der Waals surface area contributed by atoms with Gasteiger partial charge in [-0.25, -0.2) is 0 Å². The topological polar surface area (TPSA) is 58.6 Å². The fourth-order valence-corrected chi connectivity index (χ4v) is 3.19. The van der Waals surface area contributed by atoms with Crippen molar-refractivity contribution < 1.29 is 14.3 Å². The molecule has 1 saturated carbocycles. The molecule has 2 amide bonds. The van der Waals surface area contributed by atoms with Gasteiger partial charge in [-0.15, -0.1) is 0 Å². The second-order valence-electron chi connectivity index (χ2n) is 6.05. The van der Waals surface area contributed by atoms with E-state index in [0.717, 1.165) is 12.8 Å². The van der Waals surface area contributed by atoms with Gasteiger partial charge in [-0.05, 0) is 31.9 Å². The van der Waals surface area contributed by atoms with Gasteiger partial charge in [-0.2, -0.15) is 0 Å². The normalized spacial score (nSPS) is 22.0. The molecular weight excluding hydrogens is 280 g/mol. The van der Waals surface area contributed by atoms with Gasteiger partial charge in [0.15, 0.2) is 6.10 Å². The number of carbonyl (C=O) groups excluding carboxylic acids is 2. The first-order valence-corrected chi connectivity index (χ1v) is 8.01. The van der Waals surface area contributed by atoms with Crippen molar-refractivity contribution in [2.45, 2.75) is 51.2 Å². The number of carbonyl (C=O) groups is 2. The lowest BCUT2D eigenvalue weighted by Crippen LogP contribution is -2.50. The summed E-state index contributed by atoms with van der Waals surface area (Å²) in [6.45, 7) is 1.77. The summed E-state index contributed by atoms with van der Waals surface area (Å²) < 4.78 is 5.58. The maximum atomic E-state index is 12.3. The Morgan fingerprint density at radius 3 is 2.77 bits per heavy atom. The molecule has 118 valence electrons. The SMILES string of the molecule is C[C@@H]1Oc2ccccc2N(CC(=O)NC2CCCCC2)C1=O. The van der Waals surface area contributed by atoms with E-state index in [4.69, 9.17) is 4.74 Å². The molecule has 1 aromatic rings. The highest BCUT2D eigenvalue weighted by Crippen LogP contribution is 2.33. The molecule has 0 saturated heterocycles. The number of para-hydroxylation sites is 2. The van der Waals surface area contributed by atoms with Crippen LogP contribution in [0.5, 0.6) is 5.75 Å². The van der Waals surface area contributed by atoms with Gasteiger partial charge in [-0.3, -0.25) is 14.5 Å². The van der Waals surface area contributed by atoms with Crippen LogP contribution in [0.4, 0.5) is 5.69 Å². The summed E-state index contributed by atoms with van der Waals surface area (Å²) in [5, 5.41) is 3.06. The van der Waals surface area contributed by atoms with Crippen molar-refractivity contribution in [2.24, 2.45) is 0 Å². The van der Waals surface area contributed by atoms with Crippen molar-refractivity contribution >= 4 is 17.5 Å². The highest BCUT2D eigenvalue weighted by Gasteiger charge is 2.32. The zero-order chi connectivity index (χ0) is 15.5. The molecule has 0 unspecified atom stereocenters. The molecule has 5 heteroatoms. The van der Waals surface area contributed by atoms with Crippen molar-refractivity contribution in [2.75, 3.05) is 11.4 Å². The summed E-state index contributed by atoms with van der Waals surface area (Å²) in [6, 6.07) is 7.60. The van der Waals surface area contributed by atoms with Gasteiger partial charge < -0.3 is 10.1 Å². The molecule has 1 heterocycles. The van der Waals surface area contributed by atoms with Crippen LogP contribution in [-0.4, -0.2) is 30.5 Å². The van der Waals surface area contributed by atoms with Gasteiger partial charge in [0.1, 0.15) is 12.3 Å². The number of ether oxygens (including phenoxy) is 1. The number of fused-ring (bicyclic) bond motifs is 1. The summed E-state index contributed by atoms with van der Waals surface area (Å²) >= 11 is 0. The second-order valence-corrected chi connectivity index (χ2v) is 6.05. The highest BCUT2D eigenvalue weighted by atomic mass is 16.5. The molecule has 1 N–H and O–H groups in total. The standard InChI is InChI=1S/C17H22N2O3/c1-12-17(21)19(14-9-5-6-10-15(14)22-12)11-16(20)18-13-7-3-2-4-8-13/h5-6,9-10,12-13H,2-4,7-8,11H2,1H3,(H,18,20)/t12-/m0/s1. The number of nitrogens with zero attached hydrogens (tertiary/aromatic N) is 1. The van der Waals surface area contributed by atoms with E-state index in [0.29, 0.717) is 11.4 Å². The maximum absolute atomic E-state index is 12.3. The Morgan fingerprint density at radius 2 is 2.00 bits per heavy atom. The first-order valence-electron chi connectivity index (χ1n) is 8.01. The van der Waals surface area contributed by atoms with Gasteiger partial charge in [0.2, 0.25) is 5.91 Å². The lowest BCUT2D eigenvalue weighted by Gasteiger charge is -2.33. The lowest BCUT2D eigenvalue weighted by atomic mass is 9.95. The second kappa shape index (κ2) is 6.38. The number of rotatable bonds is 3. The van der Waals surface area contributed by atoms with Gasteiger partial charge in [0.25, 0.3) is 5.91 Å². The van der Waals surface area contributed by atoms with Crippen LogP contribution in [0.1, 0.15) is 39.0 Å². The van der Waals surface area contributed by atoms with Gasteiger partial charge in [0, 0.05) is 6.04 Å². The Labute approximate surface area is 130 Å². The molecule has 1 aromatic carbocycles. The lowest BCUT2D eigenvalue weighted by molar-refractivity contribution is -0.128. The number of anilines is 1. The molecule has 3 rings (SSSR count). The number of hydrogen-bond acceptors (Lipinski definition) is 3. The molecule has 0 spiro atoms. The molecule has 22 heavy (non-hydrogen) atoms. The largest absolute Gasteiger partial charge is 0.479 e. The number of nitrogens with one attached hydrogen (secondary N) is 1. The van der Waals surface area contributed by atoms with E-state index in [-0.39, 0.29) is 24.4 Å². The van der Waals surface area contributed by atoms with Crippen LogP contribution in [-0.2, 0) is 9.59 Å². The number of benzene rings is 1. The molecule has 2 aliphatic rings. The molecule has 0 radical (unpaired) electrons. The minimum absolute atomic E-state index is 0.0556. The van der Waals surface area contributed by atoms with E-state index < -0.39 is 6.10 Å². The van der Waals surface area contributed by atoms with Crippen molar-refractivity contribution in [3.05, 3.63) is 24.3 Å². The van der Waals surface area contributed by atoms with Crippen molar-refractivity contribution in [1.29, 1.82) is 0 Å². The van der Waals surface area contributed by atoms with E-state index in [9.17, 15) is 9.59 Å². The average Bonchev–Trinajstić information content (AvgIpc) is 2.53. The van der Waals surface area contributed by atoms with Crippen molar-refractivity contribution in [3.8, 4) is 5.75 Å². The van der Waals surface area contributed by atoms with Gasteiger partial charge in [0.05, 0.1) is 5.69 Å². The third kappa shape index (κ3) is 3.08. The minimum Gasteiger partial charge on any atom is -0.479 e. The van der Waals surface area contributed by atoms with Crippen LogP contribution in [0.15, 0.2) is 24.3 Å². The van der Waals surface area contributed by atoms with Gasteiger partial charge in [-0.1, -0.05) is 31.4 Å². The van der Waals surface area contributed by atoms with E-state index in [1.807, 2.05) is 24.3 Å². The van der Waals surface area contributed by atoms with E-state index in [1.54, 1.807) is 6.92 Å². The molecule has 0 aromatic heterocycles. The summed E-state index contributed by atoms with van der Waals surface area (Å²) in [6.07, 6.45) is 5.10. The monoisotopic (exact) mass is 302 g/mol. The van der Waals surface area contributed by atoms with Crippen LogP contribution in [0.3, 0.4) is 0 Å². The Morgan fingerprint density at radius 1 is 1.27 bits per heavy atom. The fraction of sp³-hybridized carbons (Fsp3) is 0.529. The summed E-state index contributed by atoms with van der Waals surface area (Å²) in [7, 11) is 0. The van der Waals surface area contributed by atoms with E-state index in [2.05, 4.69) is 5.32 Å². The third-order valence-corrected chi connectivity index (χ3v) is 4.35. The zero-order valence-corrected chi connectivity index (χ0v) is 12.9. The summed E-state index contributed by atoms with van der Waals surface area (Å²) in [4.78, 5) is 26.2. The molecule has 1 aliphatic carbocycles. The predicted octanol–water partition coefficient (Wildman–Crippen LogP) is 2.25. The fourth-order valence-electron chi connectivity index (χ4n) is 3.19. The Kier molecular flexibility index (Phi) is 4.32. The predicted molar refractivity (Wildman–Crippen MR) is 83.9 cm³/mol. The highest BCUT2D eigenvalue weighted by molar-refractivity contribution is 6.03. The van der Waals surface area contributed by atoms with E-state index in [1.165, 1.54) is 24.2 Å². The number of hydrogen-bond donors (Lipinski definition) is 1.